The van der Waals surface area contributed by atoms with Crippen LogP contribution in [0.25, 0.3) is 0 Å². The Morgan fingerprint density at radius 3 is 2.68 bits per heavy atom. The molecule has 3 nitrogen and oxygen atoms in total. The van der Waals surface area contributed by atoms with Crippen LogP contribution in [0.1, 0.15) is 24.0 Å². The molecule has 0 spiro atoms. The highest BCUT2D eigenvalue weighted by Gasteiger charge is 2.04. The lowest BCUT2D eigenvalue weighted by atomic mass is 10.2. The maximum absolute atomic E-state index is 4.52. The molecule has 1 heterocycles. The second-order valence-electron chi connectivity index (χ2n) is 4.40. The molecule has 0 saturated carbocycles. The van der Waals surface area contributed by atoms with Crippen LogP contribution in [0.5, 0.6) is 0 Å². The molecule has 0 saturated heterocycles. The minimum Gasteiger partial charge on any atom is -0.370 e. The van der Waals surface area contributed by atoms with Gasteiger partial charge < -0.3 is 5.32 Å². The zero-order valence-corrected chi connectivity index (χ0v) is 12.4. The van der Waals surface area contributed by atoms with Crippen molar-refractivity contribution in [2.45, 2.75) is 31.4 Å². The van der Waals surface area contributed by atoms with Gasteiger partial charge in [-0.2, -0.15) is 0 Å². The minimum atomic E-state index is 0.797. The third-order valence-corrected chi connectivity index (χ3v) is 3.88. The number of nitrogens with zero attached hydrogens (tertiary/aromatic N) is 2. The Morgan fingerprint density at radius 1 is 1.16 bits per heavy atom. The first-order chi connectivity index (χ1) is 9.19. The summed E-state index contributed by atoms with van der Waals surface area (Å²) in [4.78, 5) is 10.3. The summed E-state index contributed by atoms with van der Waals surface area (Å²) in [5.41, 5.74) is 2.30. The Hall–Kier alpha value is -1.55. The van der Waals surface area contributed by atoms with Gasteiger partial charge in [-0.3, -0.25) is 0 Å². The van der Waals surface area contributed by atoms with E-state index in [9.17, 15) is 0 Å². The second-order valence-corrected chi connectivity index (χ2v) is 5.41. The van der Waals surface area contributed by atoms with Gasteiger partial charge in [-0.1, -0.05) is 18.2 Å². The Kier molecular flexibility index (Phi) is 4.80. The van der Waals surface area contributed by atoms with Gasteiger partial charge in [0.2, 0.25) is 0 Å². The van der Waals surface area contributed by atoms with Gasteiger partial charge in [0, 0.05) is 23.2 Å². The van der Waals surface area contributed by atoms with Crippen molar-refractivity contribution in [2.75, 3.05) is 11.9 Å². The van der Waals surface area contributed by atoms with Crippen LogP contribution in [-0.4, -0.2) is 16.5 Å². The monoisotopic (exact) mass is 273 g/mol. The average Bonchev–Trinajstić information content (AvgIpc) is 2.37. The van der Waals surface area contributed by atoms with E-state index >= 15 is 0 Å². The molecule has 0 aliphatic rings. The van der Waals surface area contributed by atoms with Crippen molar-refractivity contribution in [3.63, 3.8) is 0 Å². The van der Waals surface area contributed by atoms with Crippen LogP contribution in [0.15, 0.2) is 35.2 Å². The number of nitrogens with one attached hydrogen (secondary N) is 1. The maximum Gasteiger partial charge on any atom is 0.141 e. The van der Waals surface area contributed by atoms with E-state index in [2.05, 4.69) is 53.4 Å². The molecule has 4 heteroatoms. The zero-order valence-electron chi connectivity index (χ0n) is 11.6. The SMILES string of the molecule is CCNc1cc(C)nc(CSc2ccccc2C)n1. The molecular weight excluding hydrogens is 254 g/mol. The minimum absolute atomic E-state index is 0.797. The first-order valence-electron chi connectivity index (χ1n) is 6.46. The molecule has 0 amide bonds. The molecular formula is C15H19N3S. The van der Waals surface area contributed by atoms with Crippen molar-refractivity contribution in [1.29, 1.82) is 0 Å². The summed E-state index contributed by atoms with van der Waals surface area (Å²) in [5, 5.41) is 3.24. The van der Waals surface area contributed by atoms with Crippen LogP contribution >= 0.6 is 11.8 Å². The zero-order chi connectivity index (χ0) is 13.7. The Balaban J connectivity index is 2.09. The molecule has 0 radical (unpaired) electrons. The van der Waals surface area contributed by atoms with Crippen molar-refractivity contribution in [3.8, 4) is 0 Å². The molecule has 100 valence electrons. The molecule has 0 bridgehead atoms. The summed E-state index contributed by atoms with van der Waals surface area (Å²) in [5.74, 6) is 2.59. The van der Waals surface area contributed by atoms with Crippen LogP contribution in [0.2, 0.25) is 0 Å². The fourth-order valence-corrected chi connectivity index (χ4v) is 2.71. The van der Waals surface area contributed by atoms with Gasteiger partial charge in [0.25, 0.3) is 0 Å². The molecule has 0 aliphatic carbocycles. The standard InChI is InChI=1S/C15H19N3S/c1-4-16-14-9-12(3)17-15(18-14)10-19-13-8-6-5-7-11(13)2/h5-9H,4,10H2,1-3H3,(H,16,17,18). The van der Waals surface area contributed by atoms with E-state index in [4.69, 9.17) is 0 Å². The third kappa shape index (κ3) is 3.96. The summed E-state index contributed by atoms with van der Waals surface area (Å²) in [6.45, 7) is 7.08. The summed E-state index contributed by atoms with van der Waals surface area (Å²) >= 11 is 1.78. The lowest BCUT2D eigenvalue weighted by Gasteiger charge is -2.08. The van der Waals surface area contributed by atoms with E-state index in [1.165, 1.54) is 10.5 Å². The van der Waals surface area contributed by atoms with Crippen molar-refractivity contribution in [3.05, 3.63) is 47.4 Å². The van der Waals surface area contributed by atoms with E-state index in [0.29, 0.717) is 0 Å². The topological polar surface area (TPSA) is 37.8 Å². The summed E-state index contributed by atoms with van der Waals surface area (Å²) in [6, 6.07) is 10.4. The maximum atomic E-state index is 4.52. The number of benzene rings is 1. The third-order valence-electron chi connectivity index (χ3n) is 2.71. The molecule has 1 N–H and O–H groups in total. The lowest BCUT2D eigenvalue weighted by Crippen LogP contribution is -2.04. The Labute approximate surface area is 118 Å². The largest absolute Gasteiger partial charge is 0.370 e. The van der Waals surface area contributed by atoms with Crippen LogP contribution in [0.3, 0.4) is 0 Å². The molecule has 0 unspecified atom stereocenters. The fourth-order valence-electron chi connectivity index (χ4n) is 1.83. The molecule has 1 aromatic heterocycles. The lowest BCUT2D eigenvalue weighted by molar-refractivity contribution is 0.986. The van der Waals surface area contributed by atoms with Crippen molar-refractivity contribution < 1.29 is 0 Å². The fraction of sp³-hybridized carbons (Fsp3) is 0.333. The van der Waals surface area contributed by atoms with Crippen LogP contribution < -0.4 is 5.32 Å². The summed E-state index contributed by atoms with van der Waals surface area (Å²) in [7, 11) is 0. The molecule has 0 fully saturated rings. The number of aryl methyl sites for hydroxylation is 2. The van der Waals surface area contributed by atoms with Gasteiger partial charge in [0.05, 0.1) is 5.75 Å². The van der Waals surface area contributed by atoms with E-state index in [-0.39, 0.29) is 0 Å². The molecule has 1 aromatic carbocycles. The Morgan fingerprint density at radius 2 is 1.95 bits per heavy atom. The van der Waals surface area contributed by atoms with Gasteiger partial charge in [-0.15, -0.1) is 11.8 Å². The number of hydrogen-bond acceptors (Lipinski definition) is 4. The van der Waals surface area contributed by atoms with Gasteiger partial charge in [0.15, 0.2) is 0 Å². The number of thioether (sulfide) groups is 1. The molecule has 0 atom stereocenters. The second kappa shape index (κ2) is 6.57. The van der Waals surface area contributed by atoms with Crippen LogP contribution in [0, 0.1) is 13.8 Å². The van der Waals surface area contributed by atoms with Crippen molar-refractivity contribution >= 4 is 17.6 Å². The van der Waals surface area contributed by atoms with Crippen LogP contribution in [-0.2, 0) is 5.75 Å². The van der Waals surface area contributed by atoms with E-state index in [0.717, 1.165) is 29.6 Å². The first-order valence-corrected chi connectivity index (χ1v) is 7.44. The smallest absolute Gasteiger partial charge is 0.141 e. The number of aromatic nitrogens is 2. The van der Waals surface area contributed by atoms with Crippen molar-refractivity contribution in [2.24, 2.45) is 0 Å². The highest BCUT2D eigenvalue weighted by atomic mass is 32.2. The van der Waals surface area contributed by atoms with Gasteiger partial charge >= 0.3 is 0 Å². The highest BCUT2D eigenvalue weighted by Crippen LogP contribution is 2.24. The number of rotatable bonds is 5. The van der Waals surface area contributed by atoms with Crippen molar-refractivity contribution in [1.82, 2.24) is 9.97 Å². The predicted octanol–water partition coefficient (Wildman–Crippen LogP) is 3.82. The normalized spacial score (nSPS) is 10.5. The Bertz CT molecular complexity index is 555. The quantitative estimate of drug-likeness (QED) is 0.840. The van der Waals surface area contributed by atoms with Gasteiger partial charge in [0.1, 0.15) is 11.6 Å². The highest BCUT2D eigenvalue weighted by molar-refractivity contribution is 7.98. The van der Waals surface area contributed by atoms with Gasteiger partial charge in [-0.05, 0) is 32.4 Å². The van der Waals surface area contributed by atoms with E-state index < -0.39 is 0 Å². The average molecular weight is 273 g/mol. The summed E-state index contributed by atoms with van der Waals surface area (Å²) in [6.07, 6.45) is 0. The van der Waals surface area contributed by atoms with E-state index in [1.807, 2.05) is 13.0 Å². The van der Waals surface area contributed by atoms with Gasteiger partial charge in [-0.25, -0.2) is 9.97 Å². The van der Waals surface area contributed by atoms with Crippen LogP contribution in [0.4, 0.5) is 5.82 Å². The number of anilines is 1. The van der Waals surface area contributed by atoms with E-state index in [1.54, 1.807) is 11.8 Å². The predicted molar refractivity (Wildman–Crippen MR) is 81.7 cm³/mol. The summed E-state index contributed by atoms with van der Waals surface area (Å²) < 4.78 is 0. The number of hydrogen-bond donors (Lipinski definition) is 1. The molecule has 0 aliphatic heterocycles. The molecule has 2 rings (SSSR count). The molecule has 19 heavy (non-hydrogen) atoms. The first kappa shape index (κ1) is 13.9. The molecule has 2 aromatic rings.